The number of fused-ring (bicyclic) bond motifs is 1. The standard InChI is InChI=1S/C25H26N4O4S/c1-4-26-23(30)15-33-20-11-10-17(12-21(20)32-3)14-27-24(31)22-13-19-16(2)28-29(25(19)34-22)18-8-6-5-7-9-18/h5-13H,4,14-15H2,1-3H3,(H,26,30)(H,27,31). The normalized spacial score (nSPS) is 10.8. The third-order valence-electron chi connectivity index (χ3n) is 5.18. The zero-order valence-corrected chi connectivity index (χ0v) is 20.1. The van der Waals surface area contributed by atoms with E-state index >= 15 is 0 Å². The number of hydrogen-bond acceptors (Lipinski definition) is 6. The number of benzene rings is 2. The predicted octanol–water partition coefficient (Wildman–Crippen LogP) is 3.85. The Kier molecular flexibility index (Phi) is 7.12. The van der Waals surface area contributed by atoms with Crippen molar-refractivity contribution < 1.29 is 19.1 Å². The molecule has 0 aliphatic rings. The molecule has 0 radical (unpaired) electrons. The van der Waals surface area contributed by atoms with Gasteiger partial charge in [0.25, 0.3) is 11.8 Å². The average Bonchev–Trinajstić information content (AvgIpc) is 3.42. The van der Waals surface area contributed by atoms with E-state index in [2.05, 4.69) is 15.7 Å². The van der Waals surface area contributed by atoms with Gasteiger partial charge in [-0.2, -0.15) is 5.10 Å². The topological polar surface area (TPSA) is 94.5 Å². The number of aryl methyl sites for hydroxylation is 1. The van der Waals surface area contributed by atoms with Gasteiger partial charge in [0.15, 0.2) is 18.1 Å². The number of amides is 2. The van der Waals surface area contributed by atoms with Gasteiger partial charge in [-0.25, -0.2) is 4.68 Å². The summed E-state index contributed by atoms with van der Waals surface area (Å²) >= 11 is 1.41. The largest absolute Gasteiger partial charge is 0.493 e. The molecule has 0 aliphatic heterocycles. The highest BCUT2D eigenvalue weighted by Gasteiger charge is 2.17. The predicted molar refractivity (Wildman–Crippen MR) is 132 cm³/mol. The van der Waals surface area contributed by atoms with Crippen LogP contribution in [-0.4, -0.2) is 41.9 Å². The fourth-order valence-corrected chi connectivity index (χ4v) is 4.60. The van der Waals surface area contributed by atoms with Gasteiger partial charge < -0.3 is 20.1 Å². The number of nitrogens with zero attached hydrogens (tertiary/aromatic N) is 2. The second-order valence-corrected chi connectivity index (χ2v) is 8.60. The van der Waals surface area contributed by atoms with Gasteiger partial charge in [-0.3, -0.25) is 9.59 Å². The Morgan fingerprint density at radius 2 is 1.85 bits per heavy atom. The van der Waals surface area contributed by atoms with Crippen molar-refractivity contribution in [1.82, 2.24) is 20.4 Å². The van der Waals surface area contributed by atoms with Crippen molar-refractivity contribution in [2.75, 3.05) is 20.3 Å². The minimum absolute atomic E-state index is 0.0912. The summed E-state index contributed by atoms with van der Waals surface area (Å²) in [6.45, 7) is 4.56. The van der Waals surface area contributed by atoms with Crippen LogP contribution in [0.1, 0.15) is 27.9 Å². The number of ether oxygens (including phenoxy) is 2. The maximum Gasteiger partial charge on any atom is 0.261 e. The molecule has 2 aromatic heterocycles. The molecule has 2 N–H and O–H groups in total. The van der Waals surface area contributed by atoms with E-state index in [4.69, 9.17) is 9.47 Å². The second-order valence-electron chi connectivity index (χ2n) is 7.57. The van der Waals surface area contributed by atoms with Crippen LogP contribution in [0.2, 0.25) is 0 Å². The Morgan fingerprint density at radius 1 is 1.06 bits per heavy atom. The van der Waals surface area contributed by atoms with Gasteiger partial charge in [0.05, 0.1) is 23.4 Å². The highest BCUT2D eigenvalue weighted by Crippen LogP contribution is 2.31. The Hall–Kier alpha value is -3.85. The number of para-hydroxylation sites is 1. The summed E-state index contributed by atoms with van der Waals surface area (Å²) in [4.78, 5) is 26.1. The number of nitrogens with one attached hydrogen (secondary N) is 2. The Balaban J connectivity index is 1.45. The monoisotopic (exact) mass is 478 g/mol. The van der Waals surface area contributed by atoms with E-state index in [0.29, 0.717) is 29.5 Å². The van der Waals surface area contributed by atoms with Crippen LogP contribution in [0.4, 0.5) is 0 Å². The Labute approximate surface area is 201 Å². The van der Waals surface area contributed by atoms with E-state index < -0.39 is 0 Å². The highest BCUT2D eigenvalue weighted by atomic mass is 32.1. The van der Waals surface area contributed by atoms with E-state index in [1.165, 1.54) is 18.4 Å². The first-order valence-electron chi connectivity index (χ1n) is 10.9. The highest BCUT2D eigenvalue weighted by molar-refractivity contribution is 7.20. The summed E-state index contributed by atoms with van der Waals surface area (Å²) < 4.78 is 12.8. The molecule has 0 fully saturated rings. The quantitative estimate of drug-likeness (QED) is 0.381. The molecule has 4 aromatic rings. The molecule has 0 spiro atoms. The first-order valence-corrected chi connectivity index (χ1v) is 11.7. The fourth-order valence-electron chi connectivity index (χ4n) is 3.51. The van der Waals surface area contributed by atoms with Crippen LogP contribution >= 0.6 is 11.3 Å². The van der Waals surface area contributed by atoms with E-state index in [-0.39, 0.29) is 18.4 Å². The van der Waals surface area contributed by atoms with Gasteiger partial charge in [0, 0.05) is 18.5 Å². The lowest BCUT2D eigenvalue weighted by atomic mass is 10.2. The number of carbonyl (C=O) groups excluding carboxylic acids is 2. The molecule has 0 unspecified atom stereocenters. The van der Waals surface area contributed by atoms with Crippen LogP contribution in [-0.2, 0) is 11.3 Å². The number of aromatic nitrogens is 2. The molecule has 176 valence electrons. The number of carbonyl (C=O) groups is 2. The Morgan fingerprint density at radius 3 is 2.59 bits per heavy atom. The molecule has 0 atom stereocenters. The zero-order valence-electron chi connectivity index (χ0n) is 19.3. The first kappa shape index (κ1) is 23.3. The lowest BCUT2D eigenvalue weighted by Gasteiger charge is -2.12. The van der Waals surface area contributed by atoms with Crippen molar-refractivity contribution in [1.29, 1.82) is 0 Å². The maximum absolute atomic E-state index is 12.9. The van der Waals surface area contributed by atoms with Gasteiger partial charge in [-0.15, -0.1) is 11.3 Å². The molecule has 0 aliphatic carbocycles. The van der Waals surface area contributed by atoms with Crippen molar-refractivity contribution in [2.45, 2.75) is 20.4 Å². The maximum atomic E-state index is 12.9. The van der Waals surface area contributed by atoms with Gasteiger partial charge in [0.2, 0.25) is 0 Å². The first-order chi connectivity index (χ1) is 16.5. The van der Waals surface area contributed by atoms with Gasteiger partial charge in [-0.05, 0) is 49.7 Å². The fraction of sp³-hybridized carbons (Fsp3) is 0.240. The van der Waals surface area contributed by atoms with E-state index in [1.54, 1.807) is 12.1 Å². The summed E-state index contributed by atoms with van der Waals surface area (Å²) in [5.41, 5.74) is 2.68. The van der Waals surface area contributed by atoms with E-state index in [0.717, 1.165) is 27.2 Å². The second kappa shape index (κ2) is 10.4. The SMILES string of the molecule is CCNC(=O)COc1ccc(CNC(=O)c2cc3c(C)nn(-c4ccccc4)c3s2)cc1OC. The molecule has 2 amide bonds. The summed E-state index contributed by atoms with van der Waals surface area (Å²) in [7, 11) is 1.53. The molecule has 0 saturated heterocycles. The lowest BCUT2D eigenvalue weighted by molar-refractivity contribution is -0.123. The molecule has 2 aromatic carbocycles. The van der Waals surface area contributed by atoms with Crippen molar-refractivity contribution in [2.24, 2.45) is 0 Å². The summed E-state index contributed by atoms with van der Waals surface area (Å²) in [6.07, 6.45) is 0. The van der Waals surface area contributed by atoms with Crippen molar-refractivity contribution >= 4 is 33.4 Å². The molecule has 34 heavy (non-hydrogen) atoms. The van der Waals surface area contributed by atoms with Crippen molar-refractivity contribution in [3.63, 3.8) is 0 Å². The third kappa shape index (κ3) is 5.04. The minimum atomic E-state index is -0.199. The van der Waals surface area contributed by atoms with Crippen molar-refractivity contribution in [3.05, 3.63) is 70.7 Å². The number of methoxy groups -OCH3 is 1. The Bertz CT molecular complexity index is 1310. The zero-order chi connectivity index (χ0) is 24.1. The van der Waals surface area contributed by atoms with Crippen LogP contribution < -0.4 is 20.1 Å². The lowest BCUT2D eigenvalue weighted by Crippen LogP contribution is -2.28. The molecular weight excluding hydrogens is 452 g/mol. The number of hydrogen-bond donors (Lipinski definition) is 2. The van der Waals surface area contributed by atoms with Crippen LogP contribution in [0.3, 0.4) is 0 Å². The van der Waals surface area contributed by atoms with Crippen LogP contribution in [0.25, 0.3) is 15.9 Å². The molecule has 2 heterocycles. The van der Waals surface area contributed by atoms with Crippen LogP contribution in [0.15, 0.2) is 54.6 Å². The average molecular weight is 479 g/mol. The molecular formula is C25H26N4O4S. The number of thiophene rings is 1. The third-order valence-corrected chi connectivity index (χ3v) is 6.29. The molecule has 0 saturated carbocycles. The molecule has 4 rings (SSSR count). The minimum Gasteiger partial charge on any atom is -0.493 e. The van der Waals surface area contributed by atoms with Crippen LogP contribution in [0.5, 0.6) is 11.5 Å². The van der Waals surface area contributed by atoms with Crippen LogP contribution in [0, 0.1) is 6.92 Å². The van der Waals surface area contributed by atoms with Gasteiger partial charge in [-0.1, -0.05) is 24.3 Å². The number of rotatable bonds is 9. The molecule has 8 nitrogen and oxygen atoms in total. The van der Waals surface area contributed by atoms with Gasteiger partial charge in [0.1, 0.15) is 4.83 Å². The summed E-state index contributed by atoms with van der Waals surface area (Å²) in [5.74, 6) is 0.608. The number of likely N-dealkylation sites (N-methyl/N-ethyl adjacent to an activating group) is 1. The van der Waals surface area contributed by atoms with E-state index in [9.17, 15) is 9.59 Å². The summed E-state index contributed by atoms with van der Waals surface area (Å²) in [6, 6.07) is 17.1. The summed E-state index contributed by atoms with van der Waals surface area (Å²) in [5, 5.41) is 11.2. The van der Waals surface area contributed by atoms with Gasteiger partial charge >= 0.3 is 0 Å². The van der Waals surface area contributed by atoms with E-state index in [1.807, 2.05) is 61.0 Å². The van der Waals surface area contributed by atoms with Crippen molar-refractivity contribution in [3.8, 4) is 17.2 Å². The smallest absolute Gasteiger partial charge is 0.261 e. The molecule has 9 heteroatoms. The molecule has 0 bridgehead atoms.